The number of benzene rings is 2. The molecule has 0 unspecified atom stereocenters. The van der Waals surface area contributed by atoms with Gasteiger partial charge in [0, 0.05) is 23.7 Å². The van der Waals surface area contributed by atoms with E-state index in [2.05, 4.69) is 15.2 Å². The lowest BCUT2D eigenvalue weighted by molar-refractivity contribution is 0.0597. The maximum Gasteiger partial charge on any atom is 0.256 e. The lowest BCUT2D eigenvalue weighted by Crippen LogP contribution is -2.45. The zero-order valence-corrected chi connectivity index (χ0v) is 17.5. The molecule has 2 atom stereocenters. The topological polar surface area (TPSA) is 77.0 Å². The molecule has 1 amide bonds. The third-order valence-corrected chi connectivity index (χ3v) is 5.92. The van der Waals surface area contributed by atoms with Gasteiger partial charge in [-0.15, -0.1) is 0 Å². The number of carbonyl (C=O) groups is 1. The van der Waals surface area contributed by atoms with Crippen molar-refractivity contribution in [2.24, 2.45) is 0 Å². The van der Waals surface area contributed by atoms with Gasteiger partial charge in [-0.2, -0.15) is 15.0 Å². The Kier molecular flexibility index (Phi) is 4.94. The molecule has 0 bridgehead atoms. The summed E-state index contributed by atoms with van der Waals surface area (Å²) in [5, 5.41) is 8.72. The summed E-state index contributed by atoms with van der Waals surface area (Å²) in [4.78, 5) is 21.1. The highest BCUT2D eigenvalue weighted by molar-refractivity contribution is 6.31. The van der Waals surface area contributed by atoms with Gasteiger partial charge in [-0.25, -0.2) is 9.37 Å². The fourth-order valence-corrected chi connectivity index (χ4v) is 4.20. The smallest absolute Gasteiger partial charge is 0.256 e. The quantitative estimate of drug-likeness (QED) is 0.466. The van der Waals surface area contributed by atoms with E-state index in [1.807, 2.05) is 6.92 Å². The summed E-state index contributed by atoms with van der Waals surface area (Å²) in [5.74, 6) is -0.115. The number of hydrogen-bond donors (Lipinski definition) is 0. The average Bonchev–Trinajstić information content (AvgIpc) is 3.43. The van der Waals surface area contributed by atoms with Crippen LogP contribution in [0.2, 0.25) is 5.02 Å². The Hall–Kier alpha value is -3.26. The first kappa shape index (κ1) is 19.7. The van der Waals surface area contributed by atoms with Crippen molar-refractivity contribution in [2.45, 2.75) is 31.7 Å². The number of oxazole rings is 1. The molecule has 5 rings (SSSR count). The van der Waals surface area contributed by atoms with Crippen molar-refractivity contribution in [3.05, 3.63) is 71.1 Å². The summed E-state index contributed by atoms with van der Waals surface area (Å²) < 4.78 is 19.9. The Bertz CT molecular complexity index is 1260. The number of piperidine rings is 1. The van der Waals surface area contributed by atoms with Gasteiger partial charge in [0.2, 0.25) is 0 Å². The fraction of sp³-hybridized carbons (Fsp3) is 0.273. The first-order valence-electron chi connectivity index (χ1n) is 10.0. The first-order chi connectivity index (χ1) is 15.0. The minimum atomic E-state index is -0.460. The Morgan fingerprint density at radius 3 is 2.77 bits per heavy atom. The van der Waals surface area contributed by atoms with Gasteiger partial charge in [-0.05, 0) is 50.1 Å². The van der Waals surface area contributed by atoms with Crippen LogP contribution < -0.4 is 0 Å². The molecule has 4 aromatic rings. The highest BCUT2D eigenvalue weighted by atomic mass is 35.5. The predicted molar refractivity (Wildman–Crippen MR) is 113 cm³/mol. The van der Waals surface area contributed by atoms with Crippen LogP contribution in [0.1, 0.15) is 41.9 Å². The van der Waals surface area contributed by atoms with E-state index in [1.54, 1.807) is 23.1 Å². The second-order valence-electron chi connectivity index (χ2n) is 7.72. The SMILES string of the molecule is C[C@@H]1CC[C@@H](c2nc3cc(Cl)ccc3o2)CN1C(=O)c1ccc(F)cc1-n1nccn1. The van der Waals surface area contributed by atoms with Gasteiger partial charge in [0.15, 0.2) is 11.5 Å². The lowest BCUT2D eigenvalue weighted by Gasteiger charge is -2.37. The fourth-order valence-electron chi connectivity index (χ4n) is 4.03. The Morgan fingerprint density at radius 2 is 1.97 bits per heavy atom. The number of carbonyl (C=O) groups excluding carboxylic acids is 1. The van der Waals surface area contributed by atoms with Crippen LogP contribution >= 0.6 is 11.6 Å². The van der Waals surface area contributed by atoms with Crippen molar-refractivity contribution in [3.63, 3.8) is 0 Å². The number of likely N-dealkylation sites (tertiary alicyclic amines) is 1. The summed E-state index contributed by atoms with van der Waals surface area (Å²) in [5.41, 5.74) is 2.02. The zero-order chi connectivity index (χ0) is 21.5. The summed E-state index contributed by atoms with van der Waals surface area (Å²) in [6, 6.07) is 9.36. The minimum absolute atomic E-state index is 0.0195. The van der Waals surface area contributed by atoms with E-state index in [4.69, 9.17) is 16.0 Å². The summed E-state index contributed by atoms with van der Waals surface area (Å²) >= 11 is 6.06. The molecule has 3 heterocycles. The predicted octanol–water partition coefficient (Wildman–Crippen LogP) is 4.61. The number of aromatic nitrogens is 4. The standard InChI is InChI=1S/C22H19ClFN5O2/c1-13-2-3-14(21-27-18-10-15(23)4-7-20(18)31-21)12-28(13)22(30)17-6-5-16(24)11-19(17)29-25-8-9-26-29/h4-11,13-14H,2-3,12H2,1H3/t13-,14-/m1/s1. The van der Waals surface area contributed by atoms with E-state index < -0.39 is 5.82 Å². The number of halogens is 2. The van der Waals surface area contributed by atoms with Crippen LogP contribution in [0, 0.1) is 5.82 Å². The third-order valence-electron chi connectivity index (χ3n) is 5.68. The van der Waals surface area contributed by atoms with E-state index in [0.717, 1.165) is 12.8 Å². The summed E-state index contributed by atoms with van der Waals surface area (Å²) in [6.07, 6.45) is 4.62. The van der Waals surface area contributed by atoms with E-state index in [0.29, 0.717) is 39.8 Å². The highest BCUT2D eigenvalue weighted by Crippen LogP contribution is 2.33. The van der Waals surface area contributed by atoms with Crippen LogP contribution in [0.25, 0.3) is 16.8 Å². The van der Waals surface area contributed by atoms with Gasteiger partial charge >= 0.3 is 0 Å². The minimum Gasteiger partial charge on any atom is -0.440 e. The molecule has 31 heavy (non-hydrogen) atoms. The molecule has 7 nitrogen and oxygen atoms in total. The van der Waals surface area contributed by atoms with Crippen molar-refractivity contribution in [1.29, 1.82) is 0 Å². The molecular formula is C22H19ClFN5O2. The number of hydrogen-bond acceptors (Lipinski definition) is 5. The van der Waals surface area contributed by atoms with Crippen molar-refractivity contribution < 1.29 is 13.6 Å². The highest BCUT2D eigenvalue weighted by Gasteiger charge is 2.34. The maximum absolute atomic E-state index is 13.9. The van der Waals surface area contributed by atoms with Gasteiger partial charge < -0.3 is 9.32 Å². The molecule has 2 aromatic carbocycles. The second kappa shape index (κ2) is 7.77. The normalized spacial score (nSPS) is 19.1. The van der Waals surface area contributed by atoms with Gasteiger partial charge in [-0.1, -0.05) is 11.6 Å². The van der Waals surface area contributed by atoms with E-state index in [-0.39, 0.29) is 17.9 Å². The Morgan fingerprint density at radius 1 is 1.16 bits per heavy atom. The molecular weight excluding hydrogens is 421 g/mol. The van der Waals surface area contributed by atoms with Crippen molar-refractivity contribution in [1.82, 2.24) is 24.9 Å². The Balaban J connectivity index is 1.46. The number of nitrogens with zero attached hydrogens (tertiary/aromatic N) is 5. The molecule has 158 valence electrons. The summed E-state index contributed by atoms with van der Waals surface area (Å²) in [6.45, 7) is 2.46. The molecule has 2 aromatic heterocycles. The van der Waals surface area contributed by atoms with Crippen molar-refractivity contribution in [2.75, 3.05) is 6.54 Å². The molecule has 0 spiro atoms. The van der Waals surface area contributed by atoms with Crippen LogP contribution in [-0.2, 0) is 0 Å². The number of rotatable bonds is 3. The van der Waals surface area contributed by atoms with Gasteiger partial charge in [0.05, 0.1) is 23.9 Å². The van der Waals surface area contributed by atoms with Crippen molar-refractivity contribution in [3.8, 4) is 5.69 Å². The molecule has 9 heteroatoms. The van der Waals surface area contributed by atoms with Gasteiger partial charge in [-0.3, -0.25) is 4.79 Å². The van der Waals surface area contributed by atoms with E-state index in [1.165, 1.54) is 35.4 Å². The monoisotopic (exact) mass is 439 g/mol. The number of fused-ring (bicyclic) bond motifs is 1. The van der Waals surface area contributed by atoms with Gasteiger partial charge in [0.25, 0.3) is 5.91 Å². The summed E-state index contributed by atoms with van der Waals surface area (Å²) in [7, 11) is 0. The molecule has 0 N–H and O–H groups in total. The average molecular weight is 440 g/mol. The molecule has 0 radical (unpaired) electrons. The van der Waals surface area contributed by atoms with E-state index in [9.17, 15) is 9.18 Å². The largest absolute Gasteiger partial charge is 0.440 e. The molecule has 1 aliphatic rings. The zero-order valence-electron chi connectivity index (χ0n) is 16.7. The van der Waals surface area contributed by atoms with Crippen LogP contribution in [0.5, 0.6) is 0 Å². The molecule has 0 saturated carbocycles. The molecule has 0 aliphatic carbocycles. The molecule has 1 aliphatic heterocycles. The van der Waals surface area contributed by atoms with Crippen LogP contribution in [-0.4, -0.2) is 43.4 Å². The maximum atomic E-state index is 13.9. The van der Waals surface area contributed by atoms with Crippen LogP contribution in [0.3, 0.4) is 0 Å². The van der Waals surface area contributed by atoms with E-state index >= 15 is 0 Å². The van der Waals surface area contributed by atoms with Crippen molar-refractivity contribution >= 4 is 28.6 Å². The van der Waals surface area contributed by atoms with Crippen LogP contribution in [0.4, 0.5) is 4.39 Å². The number of amides is 1. The lowest BCUT2D eigenvalue weighted by atomic mass is 9.92. The Labute approximate surface area is 182 Å². The van der Waals surface area contributed by atoms with Crippen LogP contribution in [0.15, 0.2) is 53.2 Å². The third kappa shape index (κ3) is 3.67. The first-order valence-corrected chi connectivity index (χ1v) is 10.4. The molecule has 1 fully saturated rings. The molecule has 1 saturated heterocycles. The second-order valence-corrected chi connectivity index (χ2v) is 8.16. The van der Waals surface area contributed by atoms with Gasteiger partial charge in [0.1, 0.15) is 17.0 Å².